The maximum atomic E-state index is 13.0. The number of rotatable bonds is 5. The predicted molar refractivity (Wildman–Crippen MR) is 86.9 cm³/mol. The Morgan fingerprint density at radius 2 is 2.00 bits per heavy atom. The third kappa shape index (κ3) is 4.95. The van der Waals surface area contributed by atoms with Crippen LogP contribution < -0.4 is 16.2 Å². The third-order valence-corrected chi connectivity index (χ3v) is 3.51. The molecule has 0 aliphatic heterocycles. The van der Waals surface area contributed by atoms with Crippen LogP contribution >= 0.6 is 0 Å². The molecule has 122 valence electrons. The van der Waals surface area contributed by atoms with Crippen LogP contribution in [-0.2, 0) is 13.0 Å². The first-order valence-corrected chi connectivity index (χ1v) is 7.41. The van der Waals surface area contributed by atoms with E-state index in [1.807, 2.05) is 19.9 Å². The van der Waals surface area contributed by atoms with E-state index in [4.69, 9.17) is 0 Å². The van der Waals surface area contributed by atoms with Gasteiger partial charge in [-0.1, -0.05) is 12.1 Å². The van der Waals surface area contributed by atoms with Crippen LogP contribution in [0.1, 0.15) is 22.4 Å². The molecule has 1 aromatic carbocycles. The number of aromatic nitrogens is 1. The number of urea groups is 1. The molecule has 0 bridgehead atoms. The number of aromatic amines is 1. The highest BCUT2D eigenvalue weighted by Crippen LogP contribution is 2.04. The summed E-state index contributed by atoms with van der Waals surface area (Å²) in [6, 6.07) is 7.76. The fourth-order valence-corrected chi connectivity index (χ4v) is 2.35. The number of halogens is 1. The van der Waals surface area contributed by atoms with Gasteiger partial charge in [0.25, 0.3) is 5.56 Å². The van der Waals surface area contributed by atoms with Crippen LogP contribution in [0.15, 0.2) is 35.1 Å². The van der Waals surface area contributed by atoms with Crippen LogP contribution in [0.3, 0.4) is 0 Å². The summed E-state index contributed by atoms with van der Waals surface area (Å²) in [4.78, 5) is 26.3. The van der Waals surface area contributed by atoms with Gasteiger partial charge in [-0.3, -0.25) is 4.79 Å². The van der Waals surface area contributed by atoms with E-state index in [2.05, 4.69) is 15.6 Å². The highest BCUT2D eigenvalue weighted by Gasteiger charge is 2.07. The summed E-state index contributed by atoms with van der Waals surface area (Å²) in [5.41, 5.74) is 2.79. The second-order valence-corrected chi connectivity index (χ2v) is 5.43. The van der Waals surface area contributed by atoms with Crippen LogP contribution in [0, 0.1) is 19.7 Å². The van der Waals surface area contributed by atoms with Gasteiger partial charge in [0, 0.05) is 17.8 Å². The van der Waals surface area contributed by atoms with E-state index in [1.54, 1.807) is 12.1 Å². The van der Waals surface area contributed by atoms with Crippen molar-refractivity contribution in [3.05, 3.63) is 68.9 Å². The number of hydrogen-bond acceptors (Lipinski definition) is 2. The number of carbonyl (C=O) groups excluding carboxylic acids is 1. The average molecular weight is 317 g/mol. The molecule has 3 N–H and O–H groups in total. The molecule has 6 heteroatoms. The van der Waals surface area contributed by atoms with Gasteiger partial charge in [0.2, 0.25) is 0 Å². The van der Waals surface area contributed by atoms with E-state index in [-0.39, 0.29) is 24.0 Å². The summed E-state index contributed by atoms with van der Waals surface area (Å²) >= 11 is 0. The molecule has 1 aromatic heterocycles. The summed E-state index contributed by atoms with van der Waals surface area (Å²) in [6.45, 7) is 4.19. The molecule has 2 amide bonds. The molecule has 23 heavy (non-hydrogen) atoms. The molecular weight excluding hydrogens is 297 g/mol. The molecule has 0 radical (unpaired) electrons. The zero-order valence-corrected chi connectivity index (χ0v) is 13.2. The lowest BCUT2D eigenvalue weighted by molar-refractivity contribution is 0.240. The first-order chi connectivity index (χ1) is 11.0. The van der Waals surface area contributed by atoms with Gasteiger partial charge in [-0.25, -0.2) is 9.18 Å². The Kier molecular flexibility index (Phi) is 5.51. The van der Waals surface area contributed by atoms with E-state index in [9.17, 15) is 14.0 Å². The Balaban J connectivity index is 1.81. The Bertz CT molecular complexity index is 756. The zero-order chi connectivity index (χ0) is 16.8. The summed E-state index contributed by atoms with van der Waals surface area (Å²) in [5.74, 6) is -0.291. The number of aryl methyl sites for hydroxylation is 2. The van der Waals surface area contributed by atoms with E-state index >= 15 is 0 Å². The van der Waals surface area contributed by atoms with Crippen molar-refractivity contribution < 1.29 is 9.18 Å². The maximum Gasteiger partial charge on any atom is 0.315 e. The van der Waals surface area contributed by atoms with E-state index in [0.717, 1.165) is 16.8 Å². The maximum absolute atomic E-state index is 13.0. The molecule has 0 fully saturated rings. The molecular formula is C17H20FN3O2. The second kappa shape index (κ2) is 7.58. The first kappa shape index (κ1) is 16.7. The summed E-state index contributed by atoms with van der Waals surface area (Å²) in [5, 5.41) is 5.34. The van der Waals surface area contributed by atoms with E-state index in [0.29, 0.717) is 18.5 Å². The van der Waals surface area contributed by atoms with Crippen molar-refractivity contribution in [2.45, 2.75) is 26.8 Å². The summed E-state index contributed by atoms with van der Waals surface area (Å²) < 4.78 is 13.0. The van der Waals surface area contributed by atoms with Crippen LogP contribution in [0.4, 0.5) is 9.18 Å². The normalized spacial score (nSPS) is 10.4. The summed E-state index contributed by atoms with van der Waals surface area (Å²) in [6.07, 6.45) is 0.537. The Hall–Kier alpha value is -2.63. The van der Waals surface area contributed by atoms with Crippen molar-refractivity contribution in [2.24, 2.45) is 0 Å². The molecule has 1 heterocycles. The van der Waals surface area contributed by atoms with Crippen molar-refractivity contribution in [2.75, 3.05) is 6.54 Å². The molecule has 0 aliphatic rings. The van der Waals surface area contributed by atoms with Gasteiger partial charge < -0.3 is 15.6 Å². The predicted octanol–water partition coefficient (Wildman–Crippen LogP) is 2.17. The van der Waals surface area contributed by atoms with E-state index in [1.165, 1.54) is 12.1 Å². The van der Waals surface area contributed by atoms with Crippen molar-refractivity contribution >= 4 is 6.03 Å². The third-order valence-electron chi connectivity index (χ3n) is 3.51. The van der Waals surface area contributed by atoms with Gasteiger partial charge in [0.1, 0.15) is 5.82 Å². The molecule has 0 atom stereocenters. The molecule has 5 nitrogen and oxygen atoms in total. The molecule has 0 spiro atoms. The van der Waals surface area contributed by atoms with Crippen LogP contribution in [0.2, 0.25) is 0 Å². The monoisotopic (exact) mass is 317 g/mol. The number of benzene rings is 1. The van der Waals surface area contributed by atoms with Gasteiger partial charge in [-0.15, -0.1) is 0 Å². The van der Waals surface area contributed by atoms with Crippen LogP contribution in [-0.4, -0.2) is 17.6 Å². The minimum absolute atomic E-state index is 0.160. The standard InChI is InChI=1S/C17H20FN3O2/c1-11-8-12(2)21-16(22)15(11)10-20-17(23)19-7-6-13-4-3-5-14(18)9-13/h3-5,8-9H,6-7,10H2,1-2H3,(H,21,22)(H2,19,20,23). The Morgan fingerprint density at radius 3 is 2.70 bits per heavy atom. The Morgan fingerprint density at radius 1 is 1.22 bits per heavy atom. The lowest BCUT2D eigenvalue weighted by atomic mass is 10.1. The SMILES string of the molecule is Cc1cc(C)c(CNC(=O)NCCc2cccc(F)c2)c(=O)[nH]1. The fourth-order valence-electron chi connectivity index (χ4n) is 2.35. The largest absolute Gasteiger partial charge is 0.338 e. The quantitative estimate of drug-likeness (QED) is 0.791. The van der Waals surface area contributed by atoms with Crippen molar-refractivity contribution in [3.8, 4) is 0 Å². The molecule has 0 unspecified atom stereocenters. The molecule has 2 aromatic rings. The van der Waals surface area contributed by atoms with Gasteiger partial charge >= 0.3 is 6.03 Å². The number of amides is 2. The van der Waals surface area contributed by atoms with Crippen molar-refractivity contribution in [3.63, 3.8) is 0 Å². The topological polar surface area (TPSA) is 74.0 Å². The lowest BCUT2D eigenvalue weighted by Gasteiger charge is -2.09. The van der Waals surface area contributed by atoms with Gasteiger partial charge in [0.15, 0.2) is 0 Å². The van der Waals surface area contributed by atoms with Gasteiger partial charge in [-0.05, 0) is 49.6 Å². The highest BCUT2D eigenvalue weighted by atomic mass is 19.1. The van der Waals surface area contributed by atoms with Crippen molar-refractivity contribution in [1.82, 2.24) is 15.6 Å². The van der Waals surface area contributed by atoms with Gasteiger partial charge in [0.05, 0.1) is 6.54 Å². The minimum Gasteiger partial charge on any atom is -0.338 e. The number of pyridine rings is 1. The zero-order valence-electron chi connectivity index (χ0n) is 13.2. The molecule has 0 aliphatic carbocycles. The second-order valence-electron chi connectivity index (χ2n) is 5.43. The Labute approximate surface area is 133 Å². The van der Waals surface area contributed by atoms with Gasteiger partial charge in [-0.2, -0.15) is 0 Å². The lowest BCUT2D eigenvalue weighted by Crippen LogP contribution is -2.37. The number of carbonyl (C=O) groups is 1. The van der Waals surface area contributed by atoms with Crippen LogP contribution in [0.5, 0.6) is 0 Å². The number of nitrogens with one attached hydrogen (secondary N) is 3. The summed E-state index contributed by atoms with van der Waals surface area (Å²) in [7, 11) is 0. The number of H-pyrrole nitrogens is 1. The smallest absolute Gasteiger partial charge is 0.315 e. The highest BCUT2D eigenvalue weighted by molar-refractivity contribution is 5.73. The molecule has 0 saturated heterocycles. The first-order valence-electron chi connectivity index (χ1n) is 7.41. The van der Waals surface area contributed by atoms with Crippen molar-refractivity contribution in [1.29, 1.82) is 0 Å². The molecule has 2 rings (SSSR count). The number of hydrogen-bond donors (Lipinski definition) is 3. The van der Waals surface area contributed by atoms with E-state index < -0.39 is 0 Å². The van der Waals surface area contributed by atoms with Crippen LogP contribution in [0.25, 0.3) is 0 Å². The average Bonchev–Trinajstić information content (AvgIpc) is 2.46. The fraction of sp³-hybridized carbons (Fsp3) is 0.294. The minimum atomic E-state index is -0.360. The molecule has 0 saturated carbocycles.